The SMILES string of the molecule is CC(C)n1cnc2cc(-c3ccc4c(c3)N([C@H]3C[C@@H](N5CCCCC5)C3)C(=O)C43CCN(C(=O)C4CCN(C(=O)C5CCN(c6ccc(C7CCC(=O)NC7=O)cn6)CC5)C5(CCC5)C4)CC3)nc(NC3CC3)c21. The van der Waals surface area contributed by atoms with Gasteiger partial charge in [-0.3, -0.25) is 29.3 Å². The number of amides is 5. The fraction of sp³-hybridized carbons (Fsp3) is 0.621. The third-order valence-corrected chi connectivity index (χ3v) is 19.4. The number of carbonyl (C=O) groups excluding carboxylic acids is 5. The number of likely N-dealkylation sites (tertiary alicyclic amines) is 3. The number of imide groups is 1. The predicted molar refractivity (Wildman–Crippen MR) is 283 cm³/mol. The molecule has 3 saturated carbocycles. The van der Waals surface area contributed by atoms with E-state index in [2.05, 4.69) is 77.8 Å². The van der Waals surface area contributed by atoms with Gasteiger partial charge in [0.1, 0.15) is 11.3 Å². The van der Waals surface area contributed by atoms with Crippen molar-refractivity contribution in [3.63, 3.8) is 0 Å². The monoisotopic (exact) mass is 1000 g/mol. The highest BCUT2D eigenvalue weighted by Gasteiger charge is 2.57. The normalized spacial score (nSPS) is 27.1. The van der Waals surface area contributed by atoms with E-state index in [0.717, 1.165) is 141 Å². The first kappa shape index (κ1) is 47.8. The smallest absolute Gasteiger partial charge is 0.238 e. The molecule has 3 aliphatic carbocycles. The van der Waals surface area contributed by atoms with Crippen LogP contribution in [0.15, 0.2) is 48.9 Å². The summed E-state index contributed by atoms with van der Waals surface area (Å²) >= 11 is 0. The van der Waals surface area contributed by atoms with Crippen molar-refractivity contribution in [3.05, 3.63) is 60.0 Å². The molecular weight excluding hydrogens is 931 g/mol. The standard InChI is InChI=1S/C58H73N11O5/c1-36(2)67-35-60-47-32-46(62-52(51(47)67)61-41-9-10-41)38-7-12-45-48(29-38)69(43-30-42(31-43)64-22-4-3-5-23-64)56(74)58(45)20-27-66(28-21-58)54(72)39-17-26-68(57(33-39)18-6-19-57)55(73)37-15-24-65(25-16-37)49-13-8-40(34-59-49)44-11-14-50(70)63-53(44)71/h7-8,12-13,29,32,34-37,39,41-44H,3-6,9-11,14-28,30-31,33H2,1-2H3,(H,61,62)(H,63,70,71)/t39?,42-,43+,44?. The molecule has 1 aromatic carbocycles. The molecule has 74 heavy (non-hydrogen) atoms. The molecule has 0 radical (unpaired) electrons. The molecule has 16 heteroatoms. The van der Waals surface area contributed by atoms with Crippen molar-refractivity contribution in [3.8, 4) is 11.3 Å². The minimum Gasteiger partial charge on any atom is -0.366 e. The maximum atomic E-state index is 15.3. The summed E-state index contributed by atoms with van der Waals surface area (Å²) in [6, 6.07) is 14.0. The lowest BCUT2D eigenvalue weighted by Crippen LogP contribution is -2.63. The van der Waals surface area contributed by atoms with E-state index in [1.165, 1.54) is 19.3 Å². The minimum absolute atomic E-state index is 0.0635. The van der Waals surface area contributed by atoms with Gasteiger partial charge in [0.25, 0.3) is 0 Å². The zero-order valence-electron chi connectivity index (χ0n) is 43.4. The molecule has 390 valence electrons. The highest BCUT2D eigenvalue weighted by molar-refractivity contribution is 6.09. The van der Waals surface area contributed by atoms with Crippen LogP contribution >= 0.6 is 0 Å². The van der Waals surface area contributed by atoms with E-state index in [4.69, 9.17) is 15.0 Å². The Kier molecular flexibility index (Phi) is 12.1. The van der Waals surface area contributed by atoms with E-state index in [0.29, 0.717) is 63.8 Å². The van der Waals surface area contributed by atoms with E-state index in [1.807, 2.05) is 18.5 Å². The number of carbonyl (C=O) groups is 5. The summed E-state index contributed by atoms with van der Waals surface area (Å²) in [5, 5.41) is 6.16. The maximum absolute atomic E-state index is 15.3. The van der Waals surface area contributed by atoms with Gasteiger partial charge in [0, 0.05) is 98.1 Å². The number of nitrogens with one attached hydrogen (secondary N) is 2. The average Bonchev–Trinajstić information content (AvgIpc) is 4.08. The van der Waals surface area contributed by atoms with Crippen LogP contribution in [0.5, 0.6) is 0 Å². The molecule has 3 aromatic heterocycles. The van der Waals surface area contributed by atoms with E-state index < -0.39 is 5.41 Å². The van der Waals surface area contributed by atoms with Crippen molar-refractivity contribution in [2.45, 2.75) is 170 Å². The second-order valence-corrected chi connectivity index (χ2v) is 24.1. The van der Waals surface area contributed by atoms with Gasteiger partial charge in [-0.1, -0.05) is 24.6 Å². The van der Waals surface area contributed by atoms with E-state index in [-0.39, 0.29) is 64.9 Å². The first-order valence-corrected chi connectivity index (χ1v) is 28.5. The quantitative estimate of drug-likeness (QED) is 0.151. The van der Waals surface area contributed by atoms with Crippen molar-refractivity contribution in [2.24, 2.45) is 11.8 Å². The second-order valence-electron chi connectivity index (χ2n) is 24.1. The van der Waals surface area contributed by atoms with Gasteiger partial charge in [0.05, 0.1) is 28.9 Å². The van der Waals surface area contributed by atoms with Crippen molar-refractivity contribution in [1.82, 2.24) is 39.5 Å². The molecule has 2 unspecified atom stereocenters. The van der Waals surface area contributed by atoms with Gasteiger partial charge in [-0.05, 0) is 159 Å². The molecule has 2 atom stereocenters. The van der Waals surface area contributed by atoms with Crippen molar-refractivity contribution >= 4 is 57.9 Å². The Morgan fingerprint density at radius 1 is 0.770 bits per heavy atom. The highest BCUT2D eigenvalue weighted by atomic mass is 16.2. The second kappa shape index (κ2) is 18.7. The van der Waals surface area contributed by atoms with Gasteiger partial charge < -0.3 is 34.4 Å². The summed E-state index contributed by atoms with van der Waals surface area (Å²) in [4.78, 5) is 94.8. The Morgan fingerprint density at radius 3 is 2.23 bits per heavy atom. The average molecular weight is 1000 g/mol. The van der Waals surface area contributed by atoms with Gasteiger partial charge in [0.2, 0.25) is 29.5 Å². The Labute approximate surface area is 434 Å². The summed E-state index contributed by atoms with van der Waals surface area (Å²) < 4.78 is 2.20. The number of hydrogen-bond acceptors (Lipinski definition) is 11. The maximum Gasteiger partial charge on any atom is 0.238 e. The lowest BCUT2D eigenvalue weighted by molar-refractivity contribution is -0.158. The number of fused-ring (bicyclic) bond motifs is 3. The van der Waals surface area contributed by atoms with Gasteiger partial charge in [0.15, 0.2) is 5.82 Å². The molecule has 2 spiro atoms. The number of anilines is 3. The van der Waals surface area contributed by atoms with Crippen LogP contribution in [0.3, 0.4) is 0 Å². The van der Waals surface area contributed by atoms with Crippen LogP contribution in [0.4, 0.5) is 17.3 Å². The Morgan fingerprint density at radius 2 is 1.54 bits per heavy atom. The summed E-state index contributed by atoms with van der Waals surface area (Å²) in [5.74, 6) is 1.31. The first-order valence-electron chi connectivity index (χ1n) is 28.5. The van der Waals surface area contributed by atoms with Gasteiger partial charge in [-0.25, -0.2) is 15.0 Å². The number of aromatic nitrogens is 4. The van der Waals surface area contributed by atoms with Crippen molar-refractivity contribution in [1.29, 1.82) is 0 Å². The molecule has 4 aromatic rings. The van der Waals surface area contributed by atoms with E-state index in [9.17, 15) is 19.2 Å². The summed E-state index contributed by atoms with van der Waals surface area (Å²) in [5.41, 5.74) is 5.81. The van der Waals surface area contributed by atoms with Gasteiger partial charge in [-0.2, -0.15) is 0 Å². The van der Waals surface area contributed by atoms with E-state index >= 15 is 4.79 Å². The van der Waals surface area contributed by atoms with Crippen LogP contribution in [0.1, 0.15) is 153 Å². The number of pyridine rings is 2. The lowest BCUT2D eigenvalue weighted by atomic mass is 9.66. The molecule has 0 bridgehead atoms. The zero-order chi connectivity index (χ0) is 50.5. The third kappa shape index (κ3) is 8.27. The fourth-order valence-corrected chi connectivity index (χ4v) is 14.6. The Bertz CT molecular complexity index is 2860. The molecule has 5 saturated heterocycles. The number of benzene rings is 1. The van der Waals surface area contributed by atoms with E-state index in [1.54, 1.807) is 6.20 Å². The summed E-state index contributed by atoms with van der Waals surface area (Å²) in [6.07, 6.45) is 19.6. The highest BCUT2D eigenvalue weighted by Crippen LogP contribution is 2.53. The predicted octanol–water partition coefficient (Wildman–Crippen LogP) is 7.47. The Hall–Kier alpha value is -5.90. The number of rotatable bonds is 10. The van der Waals surface area contributed by atoms with Crippen LogP contribution < -0.4 is 20.4 Å². The Balaban J connectivity index is 0.685. The van der Waals surface area contributed by atoms with Crippen LogP contribution in [0, 0.1) is 11.8 Å². The molecule has 16 nitrogen and oxygen atoms in total. The zero-order valence-corrected chi connectivity index (χ0v) is 43.4. The molecular formula is C58H73N11O5. The van der Waals surface area contributed by atoms with Crippen LogP contribution in [0.2, 0.25) is 0 Å². The topological polar surface area (TPSA) is 169 Å². The molecule has 2 N–H and O–H groups in total. The van der Waals surface area contributed by atoms with Crippen LogP contribution in [-0.2, 0) is 29.4 Å². The molecule has 13 rings (SSSR count). The summed E-state index contributed by atoms with van der Waals surface area (Å²) in [6.45, 7) is 9.82. The van der Waals surface area contributed by atoms with Crippen molar-refractivity contribution in [2.75, 3.05) is 60.9 Å². The number of imidazole rings is 1. The van der Waals surface area contributed by atoms with Gasteiger partial charge >= 0.3 is 0 Å². The lowest BCUT2D eigenvalue weighted by Gasteiger charge is -2.56. The molecule has 5 amide bonds. The molecule has 8 fully saturated rings. The minimum atomic E-state index is -0.678. The fourth-order valence-electron chi connectivity index (χ4n) is 14.6. The third-order valence-electron chi connectivity index (χ3n) is 19.4. The molecule has 6 aliphatic heterocycles. The molecule has 9 heterocycles. The summed E-state index contributed by atoms with van der Waals surface area (Å²) in [7, 11) is 0. The van der Waals surface area contributed by atoms with Gasteiger partial charge in [-0.15, -0.1) is 0 Å². The number of nitrogens with zero attached hydrogens (tertiary/aromatic N) is 9. The number of hydrogen-bond donors (Lipinski definition) is 2. The number of piperidine rings is 5. The molecule has 9 aliphatic rings. The van der Waals surface area contributed by atoms with Crippen molar-refractivity contribution < 1.29 is 24.0 Å². The van der Waals surface area contributed by atoms with Crippen LogP contribution in [-0.4, -0.2) is 133 Å². The first-order chi connectivity index (χ1) is 35.9. The van der Waals surface area contributed by atoms with Crippen LogP contribution in [0.25, 0.3) is 22.3 Å². The largest absolute Gasteiger partial charge is 0.366 e.